The highest BCUT2D eigenvalue weighted by atomic mass is 19.1. The maximum Gasteiger partial charge on any atom is 0.193 e. The Morgan fingerprint density at radius 2 is 1.92 bits per heavy atom. The first-order chi connectivity index (χ1) is 11.8. The summed E-state index contributed by atoms with van der Waals surface area (Å²) < 4.78 is 18.7. The zero-order valence-corrected chi connectivity index (χ0v) is 14.4. The van der Waals surface area contributed by atoms with Crippen LogP contribution in [-0.2, 0) is 4.74 Å². The van der Waals surface area contributed by atoms with E-state index in [-0.39, 0.29) is 5.82 Å². The van der Waals surface area contributed by atoms with Crippen molar-refractivity contribution in [1.29, 1.82) is 0 Å². The summed E-state index contributed by atoms with van der Waals surface area (Å²) in [6.07, 6.45) is 2.65. The van der Waals surface area contributed by atoms with E-state index in [1.165, 1.54) is 25.0 Å². The molecule has 1 saturated heterocycles. The van der Waals surface area contributed by atoms with Crippen LogP contribution in [-0.4, -0.2) is 63.8 Å². The molecule has 0 radical (unpaired) electrons. The summed E-state index contributed by atoms with van der Waals surface area (Å²) in [5, 5.41) is 3.38. The molecule has 1 heterocycles. The van der Waals surface area contributed by atoms with Crippen molar-refractivity contribution in [2.45, 2.75) is 12.8 Å². The number of hydrogen-bond donors (Lipinski definition) is 1. The van der Waals surface area contributed by atoms with Crippen molar-refractivity contribution < 1.29 is 9.13 Å². The molecule has 5 nitrogen and oxygen atoms in total. The van der Waals surface area contributed by atoms with E-state index in [9.17, 15) is 4.39 Å². The zero-order chi connectivity index (χ0) is 16.8. The van der Waals surface area contributed by atoms with Crippen molar-refractivity contribution in [3.8, 4) is 0 Å². The number of benzene rings is 1. The molecular formula is C18H27FN4O. The van der Waals surface area contributed by atoms with E-state index >= 15 is 0 Å². The monoisotopic (exact) mass is 334 g/mol. The molecule has 1 aliphatic carbocycles. The van der Waals surface area contributed by atoms with Crippen LogP contribution >= 0.6 is 0 Å². The Balaban J connectivity index is 1.39. The van der Waals surface area contributed by atoms with Gasteiger partial charge in [0.2, 0.25) is 0 Å². The lowest BCUT2D eigenvalue weighted by molar-refractivity contribution is 0.128. The minimum absolute atomic E-state index is 0.189. The van der Waals surface area contributed by atoms with Crippen LogP contribution in [0, 0.1) is 11.7 Å². The topological polar surface area (TPSA) is 40.1 Å². The molecule has 6 heteroatoms. The van der Waals surface area contributed by atoms with E-state index in [2.05, 4.69) is 20.1 Å². The average Bonchev–Trinajstić information content (AvgIpc) is 3.43. The first-order valence-electron chi connectivity index (χ1n) is 8.80. The van der Waals surface area contributed by atoms with Crippen molar-refractivity contribution in [3.63, 3.8) is 0 Å². The molecule has 0 spiro atoms. The van der Waals surface area contributed by atoms with Gasteiger partial charge in [0, 0.05) is 52.1 Å². The molecule has 1 aromatic carbocycles. The lowest BCUT2D eigenvalue weighted by Crippen LogP contribution is -2.53. The van der Waals surface area contributed by atoms with Gasteiger partial charge < -0.3 is 19.9 Å². The standard InChI is InChI=1S/C18H27FN4O/c1-20-18(21-8-13-24-14-15-2-3-15)23-11-9-22(10-12-23)17-6-4-16(19)5-7-17/h4-7,15H,2-3,8-14H2,1H3,(H,20,21). The minimum Gasteiger partial charge on any atom is -0.379 e. The molecule has 1 N–H and O–H groups in total. The van der Waals surface area contributed by atoms with Gasteiger partial charge in [0.15, 0.2) is 5.96 Å². The molecule has 2 fully saturated rings. The fourth-order valence-electron chi connectivity index (χ4n) is 2.93. The van der Waals surface area contributed by atoms with E-state index in [0.29, 0.717) is 0 Å². The van der Waals surface area contributed by atoms with Crippen LogP contribution in [0.5, 0.6) is 0 Å². The Morgan fingerprint density at radius 3 is 2.54 bits per heavy atom. The van der Waals surface area contributed by atoms with E-state index < -0.39 is 0 Å². The summed E-state index contributed by atoms with van der Waals surface area (Å²) >= 11 is 0. The van der Waals surface area contributed by atoms with Gasteiger partial charge in [-0.15, -0.1) is 0 Å². The normalized spacial score (nSPS) is 18.8. The lowest BCUT2D eigenvalue weighted by Gasteiger charge is -2.37. The molecular weight excluding hydrogens is 307 g/mol. The molecule has 0 amide bonds. The molecule has 1 saturated carbocycles. The predicted octanol–water partition coefficient (Wildman–Crippen LogP) is 1.95. The summed E-state index contributed by atoms with van der Waals surface area (Å²) in [6, 6.07) is 6.72. The van der Waals surface area contributed by atoms with Crippen molar-refractivity contribution >= 4 is 11.6 Å². The van der Waals surface area contributed by atoms with Gasteiger partial charge >= 0.3 is 0 Å². The molecule has 1 aliphatic heterocycles. The Hall–Kier alpha value is -1.82. The summed E-state index contributed by atoms with van der Waals surface area (Å²) in [5.74, 6) is 1.55. The number of nitrogens with one attached hydrogen (secondary N) is 1. The Bertz CT molecular complexity index is 536. The van der Waals surface area contributed by atoms with Crippen LogP contribution in [0.15, 0.2) is 29.3 Å². The van der Waals surface area contributed by atoms with Crippen LogP contribution < -0.4 is 10.2 Å². The van der Waals surface area contributed by atoms with Crippen molar-refractivity contribution in [1.82, 2.24) is 10.2 Å². The Morgan fingerprint density at radius 1 is 1.21 bits per heavy atom. The third-order valence-electron chi connectivity index (χ3n) is 4.56. The van der Waals surface area contributed by atoms with E-state index in [4.69, 9.17) is 4.74 Å². The number of halogens is 1. The SMILES string of the molecule is CN=C(NCCOCC1CC1)N1CCN(c2ccc(F)cc2)CC1. The van der Waals surface area contributed by atoms with E-state index in [0.717, 1.165) is 63.5 Å². The van der Waals surface area contributed by atoms with E-state index in [1.54, 1.807) is 0 Å². The summed E-state index contributed by atoms with van der Waals surface area (Å²) in [4.78, 5) is 8.92. The molecule has 0 atom stereocenters. The summed E-state index contributed by atoms with van der Waals surface area (Å²) in [5.41, 5.74) is 1.08. The van der Waals surface area contributed by atoms with Gasteiger partial charge in [-0.25, -0.2) is 4.39 Å². The van der Waals surface area contributed by atoms with Gasteiger partial charge in [0.25, 0.3) is 0 Å². The fraction of sp³-hybridized carbons (Fsp3) is 0.611. The largest absolute Gasteiger partial charge is 0.379 e. The molecule has 24 heavy (non-hydrogen) atoms. The first-order valence-corrected chi connectivity index (χ1v) is 8.80. The van der Waals surface area contributed by atoms with E-state index in [1.807, 2.05) is 19.2 Å². The Labute approximate surface area is 143 Å². The second-order valence-corrected chi connectivity index (χ2v) is 6.44. The van der Waals surface area contributed by atoms with Gasteiger partial charge in [-0.1, -0.05) is 0 Å². The second-order valence-electron chi connectivity index (χ2n) is 6.44. The van der Waals surface area contributed by atoms with Crippen LogP contribution in [0.25, 0.3) is 0 Å². The second kappa shape index (κ2) is 8.33. The highest BCUT2D eigenvalue weighted by molar-refractivity contribution is 5.80. The van der Waals surface area contributed by atoms with Gasteiger partial charge in [-0.3, -0.25) is 4.99 Å². The number of piperazine rings is 1. The van der Waals surface area contributed by atoms with Crippen molar-refractivity contribution in [3.05, 3.63) is 30.1 Å². The smallest absolute Gasteiger partial charge is 0.193 e. The number of ether oxygens (including phenoxy) is 1. The quantitative estimate of drug-likeness (QED) is 0.490. The zero-order valence-electron chi connectivity index (χ0n) is 14.4. The van der Waals surface area contributed by atoms with Crippen LogP contribution in [0.3, 0.4) is 0 Å². The molecule has 0 bridgehead atoms. The highest BCUT2D eigenvalue weighted by Gasteiger charge is 2.21. The number of aliphatic imine (C=N–C) groups is 1. The number of rotatable bonds is 6. The van der Waals surface area contributed by atoms with Crippen LogP contribution in [0.2, 0.25) is 0 Å². The third-order valence-corrected chi connectivity index (χ3v) is 4.56. The Kier molecular flexibility index (Phi) is 5.91. The fourth-order valence-corrected chi connectivity index (χ4v) is 2.93. The highest BCUT2D eigenvalue weighted by Crippen LogP contribution is 2.28. The molecule has 3 rings (SSSR count). The van der Waals surface area contributed by atoms with Crippen molar-refractivity contribution in [2.24, 2.45) is 10.9 Å². The van der Waals surface area contributed by atoms with Crippen molar-refractivity contribution in [2.75, 3.05) is 57.9 Å². The van der Waals surface area contributed by atoms with Gasteiger partial charge in [0.05, 0.1) is 6.61 Å². The molecule has 1 aromatic rings. The average molecular weight is 334 g/mol. The first kappa shape index (κ1) is 17.0. The predicted molar refractivity (Wildman–Crippen MR) is 95.1 cm³/mol. The number of anilines is 1. The van der Waals surface area contributed by atoms with Gasteiger partial charge in [-0.2, -0.15) is 0 Å². The van der Waals surface area contributed by atoms with Gasteiger partial charge in [-0.05, 0) is 43.0 Å². The lowest BCUT2D eigenvalue weighted by atomic mass is 10.2. The maximum atomic E-state index is 13.0. The molecule has 0 unspecified atom stereocenters. The number of guanidine groups is 1. The van der Waals surface area contributed by atoms with Crippen LogP contribution in [0.1, 0.15) is 12.8 Å². The van der Waals surface area contributed by atoms with Gasteiger partial charge in [0.1, 0.15) is 5.82 Å². The maximum absolute atomic E-state index is 13.0. The molecule has 132 valence electrons. The third kappa shape index (κ3) is 4.84. The summed E-state index contributed by atoms with van der Waals surface area (Å²) in [6.45, 7) is 6.04. The van der Waals surface area contributed by atoms with Crippen LogP contribution in [0.4, 0.5) is 10.1 Å². The molecule has 2 aliphatic rings. The number of hydrogen-bond acceptors (Lipinski definition) is 3. The summed E-state index contributed by atoms with van der Waals surface area (Å²) in [7, 11) is 1.82. The number of nitrogens with zero attached hydrogens (tertiary/aromatic N) is 3. The molecule has 0 aromatic heterocycles. The minimum atomic E-state index is -0.189.